The number of benzene rings is 1. The van der Waals surface area contributed by atoms with E-state index < -0.39 is 16.4 Å². The maximum absolute atomic E-state index is 11.8. The smallest absolute Gasteiger partial charge is 0.270 e. The van der Waals surface area contributed by atoms with Crippen LogP contribution in [0.2, 0.25) is 0 Å². The number of hydrogen-bond acceptors (Lipinski definition) is 4. The third kappa shape index (κ3) is 3.81. The number of amides is 1. The molecule has 1 amide bonds. The highest BCUT2D eigenvalue weighted by Gasteiger charge is 2.18. The predicted octanol–water partition coefficient (Wildman–Crippen LogP) is 1.40. The highest BCUT2D eigenvalue weighted by atomic mass is 16.6. The molecule has 0 fully saturated rings. The van der Waals surface area contributed by atoms with Gasteiger partial charge in [-0.3, -0.25) is 14.9 Å². The largest absolute Gasteiger partial charge is 0.389 e. The highest BCUT2D eigenvalue weighted by Crippen LogP contribution is 2.17. The van der Waals surface area contributed by atoms with Crippen LogP contribution < -0.4 is 5.32 Å². The van der Waals surface area contributed by atoms with Crippen molar-refractivity contribution in [3.8, 4) is 0 Å². The summed E-state index contributed by atoms with van der Waals surface area (Å²) in [5, 5.41) is 22.7. The van der Waals surface area contributed by atoms with Crippen molar-refractivity contribution in [1.82, 2.24) is 5.32 Å². The Balaban J connectivity index is 2.91. The maximum Gasteiger partial charge on any atom is 0.270 e. The fourth-order valence-electron chi connectivity index (χ4n) is 1.36. The maximum atomic E-state index is 11.8. The Labute approximate surface area is 105 Å². The molecule has 0 aromatic heterocycles. The third-order valence-corrected chi connectivity index (χ3v) is 2.36. The Kier molecular flexibility index (Phi) is 4.03. The van der Waals surface area contributed by atoms with Gasteiger partial charge in [0, 0.05) is 24.2 Å². The minimum absolute atomic E-state index is 0.0773. The first-order chi connectivity index (χ1) is 8.20. The molecule has 0 bridgehead atoms. The van der Waals surface area contributed by atoms with Gasteiger partial charge < -0.3 is 10.4 Å². The number of nitrogens with zero attached hydrogens (tertiary/aromatic N) is 1. The third-order valence-electron chi connectivity index (χ3n) is 2.36. The first-order valence-electron chi connectivity index (χ1n) is 5.46. The molecule has 0 saturated heterocycles. The zero-order chi connectivity index (χ0) is 13.9. The van der Waals surface area contributed by atoms with Crippen molar-refractivity contribution in [2.24, 2.45) is 0 Å². The van der Waals surface area contributed by atoms with E-state index >= 15 is 0 Å². The second-order valence-corrected chi connectivity index (χ2v) is 4.75. The van der Waals surface area contributed by atoms with Crippen LogP contribution in [0.25, 0.3) is 0 Å². The molecule has 98 valence electrons. The number of aliphatic hydroxyl groups is 1. The van der Waals surface area contributed by atoms with Crippen molar-refractivity contribution in [1.29, 1.82) is 0 Å². The molecule has 18 heavy (non-hydrogen) atoms. The molecule has 0 aliphatic rings. The van der Waals surface area contributed by atoms with Crippen molar-refractivity contribution in [2.45, 2.75) is 26.4 Å². The van der Waals surface area contributed by atoms with E-state index in [4.69, 9.17) is 0 Å². The molecule has 0 unspecified atom stereocenters. The van der Waals surface area contributed by atoms with Gasteiger partial charge >= 0.3 is 0 Å². The fraction of sp³-hybridized carbons (Fsp3) is 0.417. The number of nitro benzene ring substituents is 1. The zero-order valence-electron chi connectivity index (χ0n) is 10.6. The number of hydrogen-bond donors (Lipinski definition) is 2. The van der Waals surface area contributed by atoms with E-state index in [-0.39, 0.29) is 17.8 Å². The molecule has 1 rings (SSSR count). The number of nitro groups is 1. The molecule has 0 aliphatic heterocycles. The number of non-ortho nitro benzene ring substituents is 1. The van der Waals surface area contributed by atoms with E-state index in [0.29, 0.717) is 5.56 Å². The van der Waals surface area contributed by atoms with Crippen LogP contribution >= 0.6 is 0 Å². The zero-order valence-corrected chi connectivity index (χ0v) is 10.6. The molecule has 2 N–H and O–H groups in total. The first kappa shape index (κ1) is 14.1. The highest BCUT2D eigenvalue weighted by molar-refractivity contribution is 5.96. The molecule has 0 saturated carbocycles. The Bertz CT molecular complexity index is 477. The molecule has 1 aromatic rings. The lowest BCUT2D eigenvalue weighted by atomic mass is 10.1. The van der Waals surface area contributed by atoms with Crippen molar-refractivity contribution in [3.05, 3.63) is 39.4 Å². The van der Waals surface area contributed by atoms with E-state index in [0.717, 1.165) is 0 Å². The lowest BCUT2D eigenvalue weighted by Crippen LogP contribution is -2.38. The quantitative estimate of drug-likeness (QED) is 0.625. The van der Waals surface area contributed by atoms with Gasteiger partial charge in [-0.1, -0.05) is 6.07 Å². The molecule has 0 radical (unpaired) electrons. The summed E-state index contributed by atoms with van der Waals surface area (Å²) in [6.45, 7) is 4.90. The van der Waals surface area contributed by atoms with Crippen LogP contribution in [0.1, 0.15) is 29.8 Å². The van der Waals surface area contributed by atoms with Crippen LogP contribution in [0.4, 0.5) is 5.69 Å². The van der Waals surface area contributed by atoms with E-state index in [1.807, 2.05) is 0 Å². The van der Waals surface area contributed by atoms with Gasteiger partial charge in [-0.2, -0.15) is 0 Å². The van der Waals surface area contributed by atoms with Gasteiger partial charge in [-0.05, 0) is 26.3 Å². The summed E-state index contributed by atoms with van der Waals surface area (Å²) in [6.07, 6.45) is 0. The summed E-state index contributed by atoms with van der Waals surface area (Å²) < 4.78 is 0. The van der Waals surface area contributed by atoms with Crippen molar-refractivity contribution < 1.29 is 14.8 Å². The SMILES string of the molecule is Cc1ccc([N+](=O)[O-])cc1C(=O)NCC(C)(C)O. The molecule has 0 atom stereocenters. The van der Waals surface area contributed by atoms with Gasteiger partial charge in [0.1, 0.15) is 0 Å². The average molecular weight is 252 g/mol. The molecule has 0 aliphatic carbocycles. The summed E-state index contributed by atoms with van der Waals surface area (Å²) in [7, 11) is 0. The van der Waals surface area contributed by atoms with Crippen molar-refractivity contribution in [2.75, 3.05) is 6.54 Å². The van der Waals surface area contributed by atoms with Crippen LogP contribution in [0.5, 0.6) is 0 Å². The molecule has 0 heterocycles. The van der Waals surface area contributed by atoms with Crippen molar-refractivity contribution >= 4 is 11.6 Å². The minimum atomic E-state index is -1.02. The van der Waals surface area contributed by atoms with Gasteiger partial charge in [-0.25, -0.2) is 0 Å². The first-order valence-corrected chi connectivity index (χ1v) is 5.46. The van der Waals surface area contributed by atoms with Crippen LogP contribution in [0, 0.1) is 17.0 Å². The summed E-state index contributed by atoms with van der Waals surface area (Å²) in [6, 6.07) is 4.11. The number of nitrogens with one attached hydrogen (secondary N) is 1. The van der Waals surface area contributed by atoms with Crippen LogP contribution in [0.15, 0.2) is 18.2 Å². The monoisotopic (exact) mass is 252 g/mol. The Hall–Kier alpha value is -1.95. The van der Waals surface area contributed by atoms with Gasteiger partial charge in [0.2, 0.25) is 0 Å². The predicted molar refractivity (Wildman–Crippen MR) is 66.5 cm³/mol. The standard InChI is InChI=1S/C12H16N2O4/c1-8-4-5-9(14(17)18)6-10(8)11(15)13-7-12(2,3)16/h4-6,16H,7H2,1-3H3,(H,13,15). The normalized spacial score (nSPS) is 11.1. The second-order valence-electron chi connectivity index (χ2n) is 4.75. The minimum Gasteiger partial charge on any atom is -0.389 e. The molecule has 0 spiro atoms. The van der Waals surface area contributed by atoms with E-state index in [1.165, 1.54) is 18.2 Å². The summed E-state index contributed by atoms with van der Waals surface area (Å²) >= 11 is 0. The van der Waals surface area contributed by atoms with E-state index in [9.17, 15) is 20.0 Å². The lowest BCUT2D eigenvalue weighted by Gasteiger charge is -2.18. The second kappa shape index (κ2) is 5.14. The van der Waals surface area contributed by atoms with Crippen LogP contribution in [-0.2, 0) is 0 Å². The van der Waals surface area contributed by atoms with Gasteiger partial charge in [0.05, 0.1) is 10.5 Å². The Morgan fingerprint density at radius 2 is 2.11 bits per heavy atom. The fourth-order valence-corrected chi connectivity index (χ4v) is 1.36. The van der Waals surface area contributed by atoms with Crippen LogP contribution in [0.3, 0.4) is 0 Å². The number of rotatable bonds is 4. The van der Waals surface area contributed by atoms with Gasteiger partial charge in [0.15, 0.2) is 0 Å². The Morgan fingerprint density at radius 3 is 2.61 bits per heavy atom. The summed E-state index contributed by atoms with van der Waals surface area (Å²) in [5.74, 6) is -0.432. The number of carbonyl (C=O) groups is 1. The molecule has 6 heteroatoms. The molecular formula is C12H16N2O4. The molecule has 1 aromatic carbocycles. The summed E-state index contributed by atoms with van der Waals surface area (Å²) in [4.78, 5) is 21.9. The van der Waals surface area contributed by atoms with E-state index in [2.05, 4.69) is 5.32 Å². The van der Waals surface area contributed by atoms with E-state index in [1.54, 1.807) is 20.8 Å². The molecular weight excluding hydrogens is 236 g/mol. The van der Waals surface area contributed by atoms with Crippen LogP contribution in [-0.4, -0.2) is 28.1 Å². The lowest BCUT2D eigenvalue weighted by molar-refractivity contribution is -0.384. The van der Waals surface area contributed by atoms with Crippen molar-refractivity contribution in [3.63, 3.8) is 0 Å². The van der Waals surface area contributed by atoms with Gasteiger partial charge in [-0.15, -0.1) is 0 Å². The Morgan fingerprint density at radius 1 is 1.50 bits per heavy atom. The summed E-state index contributed by atoms with van der Waals surface area (Å²) in [5.41, 5.74) is -0.263. The average Bonchev–Trinajstić information content (AvgIpc) is 2.25. The number of aryl methyl sites for hydroxylation is 1. The molecule has 6 nitrogen and oxygen atoms in total. The number of carbonyl (C=O) groups excluding carboxylic acids is 1. The van der Waals surface area contributed by atoms with Gasteiger partial charge in [0.25, 0.3) is 11.6 Å². The topological polar surface area (TPSA) is 92.5 Å².